The number of likely N-dealkylation sites (tertiary alicyclic amines) is 1. The molecule has 1 aromatic rings. The number of aryl methyl sites for hydroxylation is 1. The SMILES string of the molecule is COCCC1CCCCN1C(=O)Nc1nc(C)ns1. The van der Waals surface area contributed by atoms with Crippen LogP contribution in [0, 0.1) is 6.92 Å². The summed E-state index contributed by atoms with van der Waals surface area (Å²) >= 11 is 1.22. The van der Waals surface area contributed by atoms with Gasteiger partial charge in [0.05, 0.1) is 0 Å². The van der Waals surface area contributed by atoms with Gasteiger partial charge in [-0.15, -0.1) is 0 Å². The lowest BCUT2D eigenvalue weighted by molar-refractivity contribution is 0.123. The highest BCUT2D eigenvalue weighted by molar-refractivity contribution is 7.09. The molecule has 0 spiro atoms. The number of nitrogens with one attached hydrogen (secondary N) is 1. The molecular formula is C12H20N4O2S. The zero-order chi connectivity index (χ0) is 13.7. The van der Waals surface area contributed by atoms with Crippen molar-refractivity contribution in [3.05, 3.63) is 5.82 Å². The van der Waals surface area contributed by atoms with Gasteiger partial charge < -0.3 is 9.64 Å². The molecule has 0 radical (unpaired) electrons. The molecule has 1 aliphatic heterocycles. The van der Waals surface area contributed by atoms with Gasteiger partial charge in [-0.05, 0) is 32.6 Å². The Bertz CT molecular complexity index is 424. The van der Waals surface area contributed by atoms with E-state index in [1.807, 2.05) is 11.8 Å². The van der Waals surface area contributed by atoms with Crippen molar-refractivity contribution in [2.75, 3.05) is 25.6 Å². The summed E-state index contributed by atoms with van der Waals surface area (Å²) in [6.45, 7) is 3.30. The van der Waals surface area contributed by atoms with E-state index in [4.69, 9.17) is 4.74 Å². The molecule has 1 aromatic heterocycles. The Kier molecular flexibility index (Phi) is 5.09. The summed E-state index contributed by atoms with van der Waals surface area (Å²) in [5.74, 6) is 0.690. The molecule has 0 bridgehead atoms. The van der Waals surface area contributed by atoms with Crippen molar-refractivity contribution in [2.45, 2.75) is 38.6 Å². The van der Waals surface area contributed by atoms with Crippen LogP contribution in [-0.4, -0.2) is 46.6 Å². The van der Waals surface area contributed by atoms with E-state index < -0.39 is 0 Å². The van der Waals surface area contributed by atoms with Crippen LogP contribution < -0.4 is 5.32 Å². The van der Waals surface area contributed by atoms with Crippen LogP contribution in [0.2, 0.25) is 0 Å². The Morgan fingerprint density at radius 1 is 1.58 bits per heavy atom. The van der Waals surface area contributed by atoms with Crippen molar-refractivity contribution in [3.63, 3.8) is 0 Å². The fourth-order valence-electron chi connectivity index (χ4n) is 2.33. The first-order valence-electron chi connectivity index (χ1n) is 6.57. The smallest absolute Gasteiger partial charge is 0.323 e. The highest BCUT2D eigenvalue weighted by Crippen LogP contribution is 2.21. The summed E-state index contributed by atoms with van der Waals surface area (Å²) in [6, 6.07) is 0.194. The van der Waals surface area contributed by atoms with Crippen LogP contribution in [0.5, 0.6) is 0 Å². The van der Waals surface area contributed by atoms with Gasteiger partial charge in [-0.2, -0.15) is 4.37 Å². The summed E-state index contributed by atoms with van der Waals surface area (Å²) in [7, 11) is 1.69. The van der Waals surface area contributed by atoms with Crippen LogP contribution in [0.1, 0.15) is 31.5 Å². The number of piperidine rings is 1. The van der Waals surface area contributed by atoms with Gasteiger partial charge in [-0.3, -0.25) is 5.32 Å². The van der Waals surface area contributed by atoms with Crippen LogP contribution >= 0.6 is 11.5 Å². The zero-order valence-corrected chi connectivity index (χ0v) is 12.2. The molecular weight excluding hydrogens is 264 g/mol. The molecule has 0 aromatic carbocycles. The lowest BCUT2D eigenvalue weighted by Gasteiger charge is -2.35. The van der Waals surface area contributed by atoms with Crippen molar-refractivity contribution in [3.8, 4) is 0 Å². The van der Waals surface area contributed by atoms with E-state index in [-0.39, 0.29) is 12.1 Å². The molecule has 0 saturated carbocycles. The van der Waals surface area contributed by atoms with Gasteiger partial charge in [-0.25, -0.2) is 9.78 Å². The van der Waals surface area contributed by atoms with Crippen LogP contribution in [-0.2, 0) is 4.74 Å². The molecule has 1 fully saturated rings. The third kappa shape index (κ3) is 3.87. The first kappa shape index (κ1) is 14.2. The third-order valence-corrected chi connectivity index (χ3v) is 4.01. The number of anilines is 1. The second kappa shape index (κ2) is 6.81. The van der Waals surface area contributed by atoms with Gasteiger partial charge in [0.1, 0.15) is 5.82 Å². The molecule has 106 valence electrons. The minimum atomic E-state index is -0.0723. The monoisotopic (exact) mass is 284 g/mol. The molecule has 0 aliphatic carbocycles. The summed E-state index contributed by atoms with van der Waals surface area (Å²) in [5, 5.41) is 3.40. The Labute approximate surface area is 117 Å². The number of carbonyl (C=O) groups is 1. The number of hydrogen-bond acceptors (Lipinski definition) is 5. The van der Waals surface area contributed by atoms with Gasteiger partial charge in [-0.1, -0.05) is 0 Å². The second-order valence-electron chi connectivity index (χ2n) is 4.70. The van der Waals surface area contributed by atoms with Gasteiger partial charge >= 0.3 is 6.03 Å². The molecule has 6 nitrogen and oxygen atoms in total. The van der Waals surface area contributed by atoms with E-state index in [9.17, 15) is 4.79 Å². The topological polar surface area (TPSA) is 67.3 Å². The standard InChI is InChI=1S/C12H20N4O2S/c1-9-13-11(19-15-9)14-12(17)16-7-4-3-5-10(16)6-8-18-2/h10H,3-8H2,1-2H3,(H,13,14,15,17). The van der Waals surface area contributed by atoms with Crippen molar-refractivity contribution in [1.82, 2.24) is 14.3 Å². The highest BCUT2D eigenvalue weighted by Gasteiger charge is 2.26. The molecule has 2 amide bonds. The van der Waals surface area contributed by atoms with Crippen molar-refractivity contribution < 1.29 is 9.53 Å². The molecule has 1 unspecified atom stereocenters. The Balaban J connectivity index is 1.94. The van der Waals surface area contributed by atoms with E-state index in [0.717, 1.165) is 25.8 Å². The van der Waals surface area contributed by atoms with Gasteiger partial charge in [0.25, 0.3) is 0 Å². The number of methoxy groups -OCH3 is 1. The average Bonchev–Trinajstić information content (AvgIpc) is 2.82. The van der Waals surface area contributed by atoms with Crippen molar-refractivity contribution in [2.24, 2.45) is 0 Å². The van der Waals surface area contributed by atoms with E-state index in [2.05, 4.69) is 14.7 Å². The van der Waals surface area contributed by atoms with E-state index >= 15 is 0 Å². The van der Waals surface area contributed by atoms with Gasteiger partial charge in [0.2, 0.25) is 5.13 Å². The molecule has 2 rings (SSSR count). The quantitative estimate of drug-likeness (QED) is 0.921. The summed E-state index contributed by atoms with van der Waals surface area (Å²) in [4.78, 5) is 18.3. The predicted octanol–water partition coefficient (Wildman–Crippen LogP) is 2.27. The Morgan fingerprint density at radius 2 is 2.42 bits per heavy atom. The first-order valence-corrected chi connectivity index (χ1v) is 7.35. The predicted molar refractivity (Wildman–Crippen MR) is 74.5 cm³/mol. The molecule has 7 heteroatoms. The van der Waals surface area contributed by atoms with E-state index in [1.165, 1.54) is 18.0 Å². The summed E-state index contributed by atoms with van der Waals surface area (Å²) < 4.78 is 9.18. The number of aromatic nitrogens is 2. The summed E-state index contributed by atoms with van der Waals surface area (Å²) in [6.07, 6.45) is 4.17. The third-order valence-electron chi connectivity index (χ3n) is 3.28. The normalized spacial score (nSPS) is 19.5. The molecule has 1 atom stereocenters. The van der Waals surface area contributed by atoms with Crippen LogP contribution in [0.4, 0.5) is 9.93 Å². The summed E-state index contributed by atoms with van der Waals surface area (Å²) in [5.41, 5.74) is 0. The minimum Gasteiger partial charge on any atom is -0.385 e. The van der Waals surface area contributed by atoms with Crippen molar-refractivity contribution in [1.29, 1.82) is 0 Å². The Hall–Kier alpha value is -1.21. The fraction of sp³-hybridized carbons (Fsp3) is 0.750. The highest BCUT2D eigenvalue weighted by atomic mass is 32.1. The van der Waals surface area contributed by atoms with Crippen LogP contribution in [0.25, 0.3) is 0 Å². The lowest BCUT2D eigenvalue weighted by atomic mass is 10.0. The number of hydrogen-bond donors (Lipinski definition) is 1. The molecule has 1 saturated heterocycles. The van der Waals surface area contributed by atoms with Gasteiger partial charge in [0, 0.05) is 37.8 Å². The van der Waals surface area contributed by atoms with Crippen molar-refractivity contribution >= 4 is 22.7 Å². The Morgan fingerprint density at radius 3 is 3.11 bits per heavy atom. The maximum atomic E-state index is 12.3. The number of ether oxygens (including phenoxy) is 1. The molecule has 1 N–H and O–H groups in total. The number of amides is 2. The average molecular weight is 284 g/mol. The van der Waals surface area contributed by atoms with E-state index in [1.54, 1.807) is 7.11 Å². The van der Waals surface area contributed by atoms with Crippen LogP contribution in [0.15, 0.2) is 0 Å². The fourth-order valence-corrected chi connectivity index (χ4v) is 2.90. The zero-order valence-electron chi connectivity index (χ0n) is 11.4. The second-order valence-corrected chi connectivity index (χ2v) is 5.45. The number of carbonyl (C=O) groups excluding carboxylic acids is 1. The molecule has 19 heavy (non-hydrogen) atoms. The van der Waals surface area contributed by atoms with E-state index in [0.29, 0.717) is 17.6 Å². The number of urea groups is 1. The van der Waals surface area contributed by atoms with Gasteiger partial charge in [0.15, 0.2) is 0 Å². The molecule has 1 aliphatic rings. The maximum absolute atomic E-state index is 12.3. The first-order chi connectivity index (χ1) is 9.20. The maximum Gasteiger partial charge on any atom is 0.323 e. The van der Waals surface area contributed by atoms with Crippen LogP contribution in [0.3, 0.4) is 0 Å². The largest absolute Gasteiger partial charge is 0.385 e. The lowest BCUT2D eigenvalue weighted by Crippen LogP contribution is -2.46. The number of nitrogens with zero attached hydrogens (tertiary/aromatic N) is 3. The molecule has 2 heterocycles. The number of rotatable bonds is 4. The minimum absolute atomic E-state index is 0.0723.